The van der Waals surface area contributed by atoms with Gasteiger partial charge in [0.1, 0.15) is 17.4 Å². The largest absolute Gasteiger partial charge is 0.508 e. The van der Waals surface area contributed by atoms with Gasteiger partial charge in [-0.05, 0) is 53.8 Å². The fraction of sp³-hybridized carbons (Fsp3) is 0.278. The molecule has 3 rings (SSSR count). The zero-order valence-corrected chi connectivity index (χ0v) is 12.8. The van der Waals surface area contributed by atoms with Crippen molar-refractivity contribution in [3.05, 3.63) is 59.2 Å². The molecule has 1 aliphatic carbocycles. The summed E-state index contributed by atoms with van der Waals surface area (Å²) in [6.07, 6.45) is 1.18. The summed E-state index contributed by atoms with van der Waals surface area (Å²) < 4.78 is 4.99. The average Bonchev–Trinajstić information content (AvgIpc) is 2.55. The number of esters is 1. The summed E-state index contributed by atoms with van der Waals surface area (Å²) in [5.41, 5.74) is 8.18. The number of hydrogen-bond donors (Lipinski definition) is 3. The number of methoxy groups -OCH3 is 1. The number of rotatable bonds is 2. The van der Waals surface area contributed by atoms with Gasteiger partial charge in [0, 0.05) is 0 Å². The van der Waals surface area contributed by atoms with Gasteiger partial charge >= 0.3 is 5.97 Å². The van der Waals surface area contributed by atoms with Crippen LogP contribution in [0.15, 0.2) is 42.5 Å². The third-order valence-corrected chi connectivity index (χ3v) is 4.60. The maximum atomic E-state index is 12.5. The molecule has 4 N–H and O–H groups in total. The first kappa shape index (κ1) is 15.4. The standard InChI is InChI=1S/C18H19NO4/c1-23-17(22)16-15-7-6-14(21)10-11(15)8-9-18(16,19)12-2-4-13(20)5-3-12/h2-7,10,16,20-21H,8-9,19H2,1H3. The second kappa shape index (κ2) is 5.59. The third-order valence-electron chi connectivity index (χ3n) is 4.60. The van der Waals surface area contributed by atoms with Crippen LogP contribution in [-0.2, 0) is 21.5 Å². The number of benzene rings is 2. The van der Waals surface area contributed by atoms with Crippen molar-refractivity contribution in [1.82, 2.24) is 0 Å². The SMILES string of the molecule is COC(=O)C1c2ccc(O)cc2CCC1(N)c1ccc(O)cc1. The fourth-order valence-electron chi connectivity index (χ4n) is 3.39. The molecule has 0 saturated carbocycles. The number of fused-ring (bicyclic) bond motifs is 1. The van der Waals surface area contributed by atoms with Crippen LogP contribution in [-0.4, -0.2) is 23.3 Å². The number of ether oxygens (including phenoxy) is 1. The molecule has 0 aromatic heterocycles. The van der Waals surface area contributed by atoms with E-state index in [0.717, 1.165) is 16.7 Å². The van der Waals surface area contributed by atoms with E-state index in [2.05, 4.69) is 0 Å². The molecule has 0 aliphatic heterocycles. The van der Waals surface area contributed by atoms with E-state index in [1.54, 1.807) is 42.5 Å². The van der Waals surface area contributed by atoms with Gasteiger partial charge in [0.05, 0.1) is 12.6 Å². The summed E-state index contributed by atoms with van der Waals surface area (Å²) in [5, 5.41) is 19.2. The van der Waals surface area contributed by atoms with Crippen LogP contribution in [0.2, 0.25) is 0 Å². The summed E-state index contributed by atoms with van der Waals surface area (Å²) in [6, 6.07) is 11.5. The monoisotopic (exact) mass is 313 g/mol. The molecule has 0 spiro atoms. The van der Waals surface area contributed by atoms with Crippen LogP contribution >= 0.6 is 0 Å². The molecule has 2 aromatic rings. The van der Waals surface area contributed by atoms with Gasteiger partial charge in [-0.3, -0.25) is 4.79 Å². The molecule has 0 radical (unpaired) electrons. The van der Waals surface area contributed by atoms with E-state index in [0.29, 0.717) is 12.8 Å². The van der Waals surface area contributed by atoms with Crippen molar-refractivity contribution in [3.63, 3.8) is 0 Å². The summed E-state index contributed by atoms with van der Waals surface area (Å²) in [5.74, 6) is -0.761. The maximum absolute atomic E-state index is 12.5. The van der Waals surface area contributed by atoms with Gasteiger partial charge in [0.15, 0.2) is 0 Å². The molecule has 0 fully saturated rings. The number of phenols is 2. The smallest absolute Gasteiger partial charge is 0.315 e. The van der Waals surface area contributed by atoms with E-state index in [-0.39, 0.29) is 11.5 Å². The molecule has 5 nitrogen and oxygen atoms in total. The van der Waals surface area contributed by atoms with Crippen molar-refractivity contribution in [2.75, 3.05) is 7.11 Å². The lowest BCUT2D eigenvalue weighted by molar-refractivity contribution is -0.144. The first-order chi connectivity index (χ1) is 11.0. The Morgan fingerprint density at radius 1 is 1.17 bits per heavy atom. The molecule has 0 heterocycles. The Kier molecular flexibility index (Phi) is 3.74. The van der Waals surface area contributed by atoms with E-state index < -0.39 is 17.4 Å². The number of carbonyl (C=O) groups is 1. The van der Waals surface area contributed by atoms with Crippen molar-refractivity contribution < 1.29 is 19.7 Å². The first-order valence-electron chi connectivity index (χ1n) is 7.43. The quantitative estimate of drug-likeness (QED) is 0.739. The van der Waals surface area contributed by atoms with Crippen LogP contribution in [0.5, 0.6) is 11.5 Å². The minimum absolute atomic E-state index is 0.146. The molecular formula is C18H19NO4. The topological polar surface area (TPSA) is 92.8 Å². The summed E-state index contributed by atoms with van der Waals surface area (Å²) >= 11 is 0. The molecule has 1 aliphatic rings. The Hall–Kier alpha value is -2.53. The highest BCUT2D eigenvalue weighted by molar-refractivity contribution is 5.81. The van der Waals surface area contributed by atoms with Gasteiger partial charge < -0.3 is 20.7 Å². The second-order valence-electron chi connectivity index (χ2n) is 5.93. The first-order valence-corrected chi connectivity index (χ1v) is 7.43. The van der Waals surface area contributed by atoms with Gasteiger partial charge in [0.25, 0.3) is 0 Å². The fourth-order valence-corrected chi connectivity index (χ4v) is 3.39. The Balaban J connectivity index is 2.15. The Morgan fingerprint density at radius 3 is 2.48 bits per heavy atom. The number of phenolic OH excluding ortho intramolecular Hbond substituents is 2. The lowest BCUT2D eigenvalue weighted by Gasteiger charge is -2.41. The summed E-state index contributed by atoms with van der Waals surface area (Å²) in [7, 11) is 1.34. The number of carbonyl (C=O) groups excluding carboxylic acids is 1. The lowest BCUT2D eigenvalue weighted by atomic mass is 9.67. The van der Waals surface area contributed by atoms with Crippen LogP contribution < -0.4 is 5.73 Å². The van der Waals surface area contributed by atoms with Crippen molar-refractivity contribution >= 4 is 5.97 Å². The average molecular weight is 313 g/mol. The van der Waals surface area contributed by atoms with Crippen LogP contribution in [0.25, 0.3) is 0 Å². The van der Waals surface area contributed by atoms with Gasteiger partial charge in [-0.1, -0.05) is 18.2 Å². The Labute approximate surface area is 134 Å². The van der Waals surface area contributed by atoms with Gasteiger partial charge in [-0.25, -0.2) is 0 Å². The number of aromatic hydroxyl groups is 2. The van der Waals surface area contributed by atoms with Crippen LogP contribution in [0.4, 0.5) is 0 Å². The highest BCUT2D eigenvalue weighted by atomic mass is 16.5. The number of hydrogen-bond acceptors (Lipinski definition) is 5. The van der Waals surface area contributed by atoms with Crippen LogP contribution in [0, 0.1) is 0 Å². The van der Waals surface area contributed by atoms with Crippen molar-refractivity contribution in [1.29, 1.82) is 0 Å². The molecule has 0 bridgehead atoms. The molecule has 2 aromatic carbocycles. The molecule has 0 amide bonds. The highest BCUT2D eigenvalue weighted by Gasteiger charge is 2.46. The molecule has 2 atom stereocenters. The molecule has 120 valence electrons. The zero-order valence-electron chi connectivity index (χ0n) is 12.8. The predicted octanol–water partition coefficient (Wildman–Crippen LogP) is 2.15. The van der Waals surface area contributed by atoms with E-state index in [1.807, 2.05) is 0 Å². The molecular weight excluding hydrogens is 294 g/mol. The van der Waals surface area contributed by atoms with Gasteiger partial charge in [0.2, 0.25) is 0 Å². The van der Waals surface area contributed by atoms with Crippen LogP contribution in [0.3, 0.4) is 0 Å². The summed E-state index contributed by atoms with van der Waals surface area (Å²) in [6.45, 7) is 0. The van der Waals surface area contributed by atoms with E-state index in [9.17, 15) is 15.0 Å². The summed E-state index contributed by atoms with van der Waals surface area (Å²) in [4.78, 5) is 12.5. The third kappa shape index (κ3) is 2.53. The van der Waals surface area contributed by atoms with E-state index in [4.69, 9.17) is 10.5 Å². The zero-order chi connectivity index (χ0) is 16.6. The Bertz CT molecular complexity index is 741. The molecule has 23 heavy (non-hydrogen) atoms. The second-order valence-corrected chi connectivity index (χ2v) is 5.93. The maximum Gasteiger partial charge on any atom is 0.315 e. The number of aryl methyl sites for hydroxylation is 1. The van der Waals surface area contributed by atoms with Crippen molar-refractivity contribution in [2.24, 2.45) is 5.73 Å². The van der Waals surface area contributed by atoms with Crippen LogP contribution in [0.1, 0.15) is 29.0 Å². The minimum Gasteiger partial charge on any atom is -0.508 e. The normalized spacial score (nSPS) is 23.1. The molecule has 0 saturated heterocycles. The minimum atomic E-state index is -0.926. The van der Waals surface area contributed by atoms with E-state index in [1.165, 1.54) is 7.11 Å². The molecule has 2 unspecified atom stereocenters. The van der Waals surface area contributed by atoms with Gasteiger partial charge in [-0.2, -0.15) is 0 Å². The predicted molar refractivity (Wildman–Crippen MR) is 85.2 cm³/mol. The van der Waals surface area contributed by atoms with Crippen molar-refractivity contribution in [2.45, 2.75) is 24.3 Å². The highest BCUT2D eigenvalue weighted by Crippen LogP contribution is 2.45. The van der Waals surface area contributed by atoms with E-state index >= 15 is 0 Å². The Morgan fingerprint density at radius 2 is 1.83 bits per heavy atom. The number of nitrogens with two attached hydrogens (primary N) is 1. The molecule has 5 heteroatoms. The lowest BCUT2D eigenvalue weighted by Crippen LogP contribution is -2.49. The van der Waals surface area contributed by atoms with Crippen molar-refractivity contribution in [3.8, 4) is 11.5 Å². The van der Waals surface area contributed by atoms with Gasteiger partial charge in [-0.15, -0.1) is 0 Å².